The van der Waals surface area contributed by atoms with E-state index in [1.54, 1.807) is 13.8 Å². The van der Waals surface area contributed by atoms with Crippen LogP contribution in [0.1, 0.15) is 26.7 Å². The fraction of sp³-hybridized carbons (Fsp3) is 0.500. The number of ether oxygens (including phenoxy) is 1. The number of hydrogen-bond acceptors (Lipinski definition) is 6. The molecule has 1 aromatic rings. The molecule has 0 spiro atoms. The van der Waals surface area contributed by atoms with Gasteiger partial charge in [0.05, 0.1) is 17.5 Å². The van der Waals surface area contributed by atoms with Crippen LogP contribution in [0.15, 0.2) is 24.3 Å². The van der Waals surface area contributed by atoms with Crippen molar-refractivity contribution in [2.45, 2.75) is 38.8 Å². The van der Waals surface area contributed by atoms with Crippen molar-refractivity contribution in [3.8, 4) is 5.75 Å². The molecule has 8 nitrogen and oxygen atoms in total. The lowest BCUT2D eigenvalue weighted by Crippen LogP contribution is -2.46. The lowest BCUT2D eigenvalue weighted by molar-refractivity contribution is -0.384. The summed E-state index contributed by atoms with van der Waals surface area (Å²) in [4.78, 5) is 36.0. The molecule has 1 heterocycles. The molecule has 0 saturated carbocycles. The summed E-state index contributed by atoms with van der Waals surface area (Å²) in [5.41, 5.74) is -0.0852. The maximum absolute atomic E-state index is 12.3. The third-order valence-corrected chi connectivity index (χ3v) is 3.89. The van der Waals surface area contributed by atoms with E-state index in [-0.39, 0.29) is 35.8 Å². The summed E-state index contributed by atoms with van der Waals surface area (Å²) in [7, 11) is 0. The van der Waals surface area contributed by atoms with Gasteiger partial charge in [0.1, 0.15) is 5.75 Å². The second-order valence-corrected chi connectivity index (χ2v) is 5.96. The number of hydrogen-bond donors (Lipinski definition) is 1. The number of nitrogens with one attached hydrogen (secondary N) is 1. The Hall–Kier alpha value is -2.48. The highest BCUT2D eigenvalue weighted by atomic mass is 16.6. The highest BCUT2D eigenvalue weighted by Crippen LogP contribution is 2.18. The molecule has 0 aliphatic carbocycles. The Morgan fingerprint density at radius 2 is 2.04 bits per heavy atom. The lowest BCUT2D eigenvalue weighted by Gasteiger charge is -2.26. The van der Waals surface area contributed by atoms with Crippen LogP contribution in [0.3, 0.4) is 0 Å². The minimum absolute atomic E-state index is 0.0266. The predicted octanol–water partition coefficient (Wildman–Crippen LogP) is 2.13. The summed E-state index contributed by atoms with van der Waals surface area (Å²) in [5.74, 6) is 0.157. The Morgan fingerprint density at radius 1 is 1.38 bits per heavy atom. The highest BCUT2D eigenvalue weighted by Gasteiger charge is 2.28. The van der Waals surface area contributed by atoms with Gasteiger partial charge in [0.15, 0.2) is 5.78 Å². The molecule has 8 heteroatoms. The van der Waals surface area contributed by atoms with Gasteiger partial charge in [-0.1, -0.05) is 0 Å². The third-order valence-electron chi connectivity index (χ3n) is 3.89. The number of ketones is 1. The molecule has 1 saturated heterocycles. The van der Waals surface area contributed by atoms with Gasteiger partial charge >= 0.3 is 6.09 Å². The molecule has 1 fully saturated rings. The van der Waals surface area contributed by atoms with Gasteiger partial charge < -0.3 is 10.1 Å². The van der Waals surface area contributed by atoms with E-state index in [0.717, 1.165) is 19.4 Å². The molecule has 1 aliphatic heterocycles. The number of rotatable bonds is 6. The molecule has 0 bridgehead atoms. The Bertz CT molecular complexity index is 609. The Morgan fingerprint density at radius 3 is 2.54 bits per heavy atom. The van der Waals surface area contributed by atoms with Gasteiger partial charge in [0.2, 0.25) is 0 Å². The van der Waals surface area contributed by atoms with Crippen molar-refractivity contribution in [3.05, 3.63) is 34.4 Å². The molecule has 1 aromatic carbocycles. The maximum Gasteiger partial charge on any atom is 0.415 e. The third kappa shape index (κ3) is 4.51. The molecule has 24 heavy (non-hydrogen) atoms. The summed E-state index contributed by atoms with van der Waals surface area (Å²) < 4.78 is 5.23. The summed E-state index contributed by atoms with van der Waals surface area (Å²) in [6.45, 7) is 4.38. The summed E-state index contributed by atoms with van der Waals surface area (Å²) in [5, 5.41) is 13.7. The first kappa shape index (κ1) is 17.9. The number of amides is 1. The second kappa shape index (κ2) is 7.87. The summed E-state index contributed by atoms with van der Waals surface area (Å²) in [6, 6.07) is 4.81. The van der Waals surface area contributed by atoms with Gasteiger partial charge in [-0.15, -0.1) is 0 Å². The van der Waals surface area contributed by atoms with Gasteiger partial charge in [-0.3, -0.25) is 19.8 Å². The Labute approximate surface area is 139 Å². The van der Waals surface area contributed by atoms with Crippen LogP contribution in [0, 0.1) is 10.1 Å². The first-order valence-corrected chi connectivity index (χ1v) is 7.87. The monoisotopic (exact) mass is 335 g/mol. The van der Waals surface area contributed by atoms with Crippen LogP contribution in [0.4, 0.5) is 10.5 Å². The molecule has 1 N–H and O–H groups in total. The second-order valence-electron chi connectivity index (χ2n) is 5.96. The largest absolute Gasteiger partial charge is 0.415 e. The lowest BCUT2D eigenvalue weighted by atomic mass is 10.1. The quantitative estimate of drug-likeness (QED) is 0.631. The number of nitrogens with zero attached hydrogens (tertiary/aromatic N) is 2. The molecule has 1 atom stereocenters. The first-order valence-electron chi connectivity index (χ1n) is 7.87. The molecular weight excluding hydrogens is 314 g/mol. The van der Waals surface area contributed by atoms with Crippen molar-refractivity contribution < 1.29 is 19.2 Å². The van der Waals surface area contributed by atoms with Gasteiger partial charge in [0, 0.05) is 18.2 Å². The van der Waals surface area contributed by atoms with Crippen LogP contribution >= 0.6 is 0 Å². The number of non-ortho nitro benzene ring substituents is 1. The van der Waals surface area contributed by atoms with Crippen molar-refractivity contribution in [2.24, 2.45) is 0 Å². The van der Waals surface area contributed by atoms with E-state index in [0.29, 0.717) is 0 Å². The SMILES string of the molecule is CC(C)N(CC(=O)[C@@H]1CCCN1)C(=O)Oc1ccc([N+](=O)[O-])cc1. The molecule has 0 radical (unpaired) electrons. The average Bonchev–Trinajstić information content (AvgIpc) is 3.07. The fourth-order valence-corrected chi connectivity index (χ4v) is 2.49. The fourth-order valence-electron chi connectivity index (χ4n) is 2.49. The van der Waals surface area contributed by atoms with E-state index in [9.17, 15) is 19.7 Å². The minimum Gasteiger partial charge on any atom is -0.410 e. The number of nitro benzene ring substituents is 1. The number of nitro groups is 1. The number of carbonyl (C=O) groups excluding carboxylic acids is 2. The van der Waals surface area contributed by atoms with E-state index in [1.807, 2.05) is 0 Å². The van der Waals surface area contributed by atoms with Crippen LogP contribution < -0.4 is 10.1 Å². The zero-order valence-corrected chi connectivity index (χ0v) is 13.7. The zero-order chi connectivity index (χ0) is 17.7. The van der Waals surface area contributed by atoms with Gasteiger partial charge in [-0.05, 0) is 45.4 Å². The predicted molar refractivity (Wildman–Crippen MR) is 87.0 cm³/mol. The smallest absolute Gasteiger partial charge is 0.410 e. The molecule has 1 aliphatic rings. The Balaban J connectivity index is 2.00. The highest BCUT2D eigenvalue weighted by molar-refractivity contribution is 5.89. The van der Waals surface area contributed by atoms with E-state index in [4.69, 9.17) is 4.74 Å². The van der Waals surface area contributed by atoms with E-state index in [2.05, 4.69) is 5.32 Å². The molecule has 0 unspecified atom stereocenters. The topological polar surface area (TPSA) is 102 Å². The first-order chi connectivity index (χ1) is 11.4. The molecule has 1 amide bonds. The van der Waals surface area contributed by atoms with E-state index < -0.39 is 11.0 Å². The average molecular weight is 335 g/mol. The Kier molecular flexibility index (Phi) is 5.86. The molecular formula is C16H21N3O5. The summed E-state index contributed by atoms with van der Waals surface area (Å²) >= 11 is 0. The molecule has 0 aromatic heterocycles. The number of Topliss-reactive ketones (excluding diaryl/α,β-unsaturated/α-hetero) is 1. The normalized spacial score (nSPS) is 16.9. The van der Waals surface area contributed by atoms with Crippen molar-refractivity contribution >= 4 is 17.6 Å². The molecule has 2 rings (SSSR count). The van der Waals surface area contributed by atoms with Crippen molar-refractivity contribution in [2.75, 3.05) is 13.1 Å². The van der Waals surface area contributed by atoms with E-state index >= 15 is 0 Å². The zero-order valence-electron chi connectivity index (χ0n) is 13.7. The van der Waals surface area contributed by atoms with Gasteiger partial charge in [-0.2, -0.15) is 0 Å². The summed E-state index contributed by atoms with van der Waals surface area (Å²) in [6.07, 6.45) is 1.08. The minimum atomic E-state index is -0.648. The van der Waals surface area contributed by atoms with Crippen LogP contribution in [0.25, 0.3) is 0 Å². The van der Waals surface area contributed by atoms with Crippen LogP contribution in [-0.2, 0) is 4.79 Å². The number of benzene rings is 1. The van der Waals surface area contributed by atoms with Crippen LogP contribution in [0.5, 0.6) is 5.75 Å². The number of carbonyl (C=O) groups is 2. The van der Waals surface area contributed by atoms with Crippen molar-refractivity contribution in [3.63, 3.8) is 0 Å². The maximum atomic E-state index is 12.3. The van der Waals surface area contributed by atoms with Crippen molar-refractivity contribution in [1.82, 2.24) is 10.2 Å². The van der Waals surface area contributed by atoms with Crippen LogP contribution in [0.2, 0.25) is 0 Å². The van der Waals surface area contributed by atoms with E-state index in [1.165, 1.54) is 29.2 Å². The van der Waals surface area contributed by atoms with Gasteiger partial charge in [-0.25, -0.2) is 4.79 Å². The molecule has 130 valence electrons. The van der Waals surface area contributed by atoms with Crippen LogP contribution in [-0.4, -0.2) is 46.9 Å². The van der Waals surface area contributed by atoms with Gasteiger partial charge in [0.25, 0.3) is 5.69 Å². The standard InChI is InChI=1S/C16H21N3O5/c1-11(2)18(10-15(20)14-4-3-9-17-14)16(21)24-13-7-5-12(6-8-13)19(22)23/h5-8,11,14,17H,3-4,9-10H2,1-2H3/t14-/m0/s1. The van der Waals surface area contributed by atoms with Crippen molar-refractivity contribution in [1.29, 1.82) is 0 Å².